The van der Waals surface area contributed by atoms with E-state index in [4.69, 9.17) is 9.26 Å². The normalized spacial score (nSPS) is 14.5. The van der Waals surface area contributed by atoms with Gasteiger partial charge in [0.2, 0.25) is 0 Å². The molecule has 1 saturated carbocycles. The molecule has 8 heteroatoms. The molecule has 0 aliphatic heterocycles. The van der Waals surface area contributed by atoms with E-state index in [-0.39, 0.29) is 29.3 Å². The number of nitrogens with zero attached hydrogens (tertiary/aromatic N) is 1. The second-order valence-corrected chi connectivity index (χ2v) is 5.31. The first-order chi connectivity index (χ1) is 11.4. The Labute approximate surface area is 135 Å². The number of carbonyl (C=O) groups excluding carboxylic acids is 1. The van der Waals surface area contributed by atoms with Crippen LogP contribution in [0.3, 0.4) is 0 Å². The van der Waals surface area contributed by atoms with Gasteiger partial charge in [0.25, 0.3) is 0 Å². The average Bonchev–Trinajstić information content (AvgIpc) is 3.25. The first-order valence-electron chi connectivity index (χ1n) is 7.42. The lowest BCUT2D eigenvalue weighted by Gasteiger charge is -2.12. The van der Waals surface area contributed by atoms with Crippen molar-refractivity contribution in [3.05, 3.63) is 35.6 Å². The van der Waals surface area contributed by atoms with E-state index in [2.05, 4.69) is 9.89 Å². The molecule has 1 aromatic carbocycles. The molecule has 1 aliphatic carbocycles. The van der Waals surface area contributed by atoms with Crippen LogP contribution in [-0.4, -0.2) is 24.1 Å². The Morgan fingerprint density at radius 3 is 2.67 bits per heavy atom. The van der Waals surface area contributed by atoms with Crippen LogP contribution in [0.2, 0.25) is 0 Å². The number of halogens is 3. The molecule has 0 N–H and O–H groups in total. The van der Waals surface area contributed by atoms with Gasteiger partial charge in [0.05, 0.1) is 6.61 Å². The molecule has 1 heterocycles. The highest BCUT2D eigenvalue weighted by Crippen LogP contribution is 2.45. The molecule has 5 nitrogen and oxygen atoms in total. The Bertz CT molecular complexity index is 750. The molecule has 1 fully saturated rings. The minimum Gasteiger partial charge on any atom is -0.462 e. The Balaban J connectivity index is 2.08. The largest absolute Gasteiger partial charge is 0.573 e. The zero-order valence-electron chi connectivity index (χ0n) is 12.7. The Hall–Kier alpha value is -2.51. The van der Waals surface area contributed by atoms with Crippen molar-refractivity contribution in [2.75, 3.05) is 6.61 Å². The number of aromatic nitrogens is 1. The van der Waals surface area contributed by atoms with Crippen LogP contribution in [0.5, 0.6) is 5.75 Å². The molecular formula is C16H14F3NO4. The van der Waals surface area contributed by atoms with Crippen molar-refractivity contribution in [1.82, 2.24) is 5.16 Å². The van der Waals surface area contributed by atoms with E-state index in [0.717, 1.165) is 18.9 Å². The lowest BCUT2D eigenvalue weighted by molar-refractivity contribution is -0.274. The number of alkyl halides is 3. The summed E-state index contributed by atoms with van der Waals surface area (Å²) in [5.74, 6) is -0.727. The standard InChI is InChI=1S/C16H14F3NO4/c1-2-22-15(21)12-13(20-24-14(12)9-7-8-9)10-5-3-4-6-11(10)23-16(17,18)19/h3-6,9H,2,7-8H2,1H3. The minimum absolute atomic E-state index is 0.00444. The fourth-order valence-corrected chi connectivity index (χ4v) is 2.39. The van der Waals surface area contributed by atoms with E-state index in [0.29, 0.717) is 5.76 Å². The molecule has 2 aromatic rings. The van der Waals surface area contributed by atoms with Crippen LogP contribution in [0, 0.1) is 0 Å². The van der Waals surface area contributed by atoms with E-state index < -0.39 is 18.1 Å². The number of para-hydroxylation sites is 1. The molecule has 1 aromatic heterocycles. The summed E-state index contributed by atoms with van der Waals surface area (Å²) in [6, 6.07) is 5.47. The Morgan fingerprint density at radius 2 is 2.04 bits per heavy atom. The number of hydrogen-bond donors (Lipinski definition) is 0. The lowest BCUT2D eigenvalue weighted by atomic mass is 10.0. The van der Waals surface area contributed by atoms with Crippen LogP contribution < -0.4 is 4.74 Å². The van der Waals surface area contributed by atoms with Crippen molar-refractivity contribution in [2.45, 2.75) is 32.0 Å². The van der Waals surface area contributed by atoms with Gasteiger partial charge >= 0.3 is 12.3 Å². The van der Waals surface area contributed by atoms with Crippen LogP contribution >= 0.6 is 0 Å². The van der Waals surface area contributed by atoms with E-state index in [1.807, 2.05) is 0 Å². The van der Waals surface area contributed by atoms with Gasteiger partial charge in [-0.15, -0.1) is 13.2 Å². The molecule has 0 spiro atoms. The number of carbonyl (C=O) groups is 1. The monoisotopic (exact) mass is 341 g/mol. The molecule has 0 atom stereocenters. The summed E-state index contributed by atoms with van der Waals surface area (Å²) in [4.78, 5) is 12.3. The van der Waals surface area contributed by atoms with Gasteiger partial charge in [-0.2, -0.15) is 0 Å². The van der Waals surface area contributed by atoms with E-state index in [1.165, 1.54) is 18.2 Å². The fraction of sp³-hybridized carbons (Fsp3) is 0.375. The lowest BCUT2D eigenvalue weighted by Crippen LogP contribution is -2.18. The SMILES string of the molecule is CCOC(=O)c1c(-c2ccccc2OC(F)(F)F)noc1C1CC1. The molecule has 0 amide bonds. The van der Waals surface area contributed by atoms with Gasteiger partial charge in [0.1, 0.15) is 17.0 Å². The third-order valence-electron chi connectivity index (χ3n) is 3.51. The molecule has 0 saturated heterocycles. The summed E-state index contributed by atoms with van der Waals surface area (Å²) >= 11 is 0. The van der Waals surface area contributed by atoms with Crippen molar-refractivity contribution < 1.29 is 32.0 Å². The van der Waals surface area contributed by atoms with E-state index >= 15 is 0 Å². The maximum absolute atomic E-state index is 12.6. The third-order valence-corrected chi connectivity index (χ3v) is 3.51. The number of rotatable bonds is 5. The Kier molecular flexibility index (Phi) is 4.21. The van der Waals surface area contributed by atoms with Gasteiger partial charge in [0.15, 0.2) is 5.76 Å². The summed E-state index contributed by atoms with van der Waals surface area (Å²) < 4.78 is 52.1. The van der Waals surface area contributed by atoms with Crippen molar-refractivity contribution in [3.8, 4) is 17.0 Å². The van der Waals surface area contributed by atoms with Crippen molar-refractivity contribution in [1.29, 1.82) is 0 Å². The molecule has 0 bridgehead atoms. The highest BCUT2D eigenvalue weighted by Gasteiger charge is 2.38. The number of benzene rings is 1. The number of ether oxygens (including phenoxy) is 2. The van der Waals surface area contributed by atoms with Crippen molar-refractivity contribution in [3.63, 3.8) is 0 Å². The van der Waals surface area contributed by atoms with Crippen molar-refractivity contribution >= 4 is 5.97 Å². The summed E-state index contributed by atoms with van der Waals surface area (Å²) in [5, 5.41) is 3.82. The molecule has 24 heavy (non-hydrogen) atoms. The number of esters is 1. The average molecular weight is 341 g/mol. The van der Waals surface area contributed by atoms with Crippen LogP contribution in [-0.2, 0) is 4.74 Å². The van der Waals surface area contributed by atoms with Gasteiger partial charge in [0, 0.05) is 11.5 Å². The first kappa shape index (κ1) is 16.4. The van der Waals surface area contributed by atoms with Crippen LogP contribution in [0.4, 0.5) is 13.2 Å². The van der Waals surface area contributed by atoms with Gasteiger partial charge in [-0.25, -0.2) is 4.79 Å². The molecular weight excluding hydrogens is 327 g/mol. The quantitative estimate of drug-likeness (QED) is 0.759. The summed E-state index contributed by atoms with van der Waals surface area (Å²) in [6.07, 6.45) is -3.19. The van der Waals surface area contributed by atoms with E-state index in [1.54, 1.807) is 6.92 Å². The first-order valence-corrected chi connectivity index (χ1v) is 7.42. The highest BCUT2D eigenvalue weighted by atomic mass is 19.4. The van der Waals surface area contributed by atoms with Gasteiger partial charge in [-0.05, 0) is 31.9 Å². The zero-order chi connectivity index (χ0) is 17.3. The third kappa shape index (κ3) is 3.37. The predicted molar refractivity (Wildman–Crippen MR) is 76.6 cm³/mol. The van der Waals surface area contributed by atoms with Crippen molar-refractivity contribution in [2.24, 2.45) is 0 Å². The highest BCUT2D eigenvalue weighted by molar-refractivity contribution is 5.98. The minimum atomic E-state index is -4.86. The Morgan fingerprint density at radius 1 is 1.33 bits per heavy atom. The fourth-order valence-electron chi connectivity index (χ4n) is 2.39. The van der Waals surface area contributed by atoms with Gasteiger partial charge in [-0.1, -0.05) is 17.3 Å². The predicted octanol–water partition coefficient (Wildman–Crippen LogP) is 4.29. The van der Waals surface area contributed by atoms with E-state index in [9.17, 15) is 18.0 Å². The van der Waals surface area contributed by atoms with Gasteiger partial charge < -0.3 is 14.0 Å². The maximum Gasteiger partial charge on any atom is 0.573 e. The summed E-state index contributed by atoms with van der Waals surface area (Å²) in [6.45, 7) is 1.77. The molecule has 0 unspecified atom stereocenters. The smallest absolute Gasteiger partial charge is 0.462 e. The molecule has 0 radical (unpaired) electrons. The van der Waals surface area contributed by atoms with Crippen LogP contribution in [0.25, 0.3) is 11.3 Å². The molecule has 1 aliphatic rings. The second kappa shape index (κ2) is 6.18. The maximum atomic E-state index is 12.6. The number of hydrogen-bond acceptors (Lipinski definition) is 5. The summed E-state index contributed by atoms with van der Waals surface area (Å²) in [5.41, 5.74) is 0.0845. The summed E-state index contributed by atoms with van der Waals surface area (Å²) in [7, 11) is 0. The van der Waals surface area contributed by atoms with Crippen LogP contribution in [0.15, 0.2) is 28.8 Å². The molecule has 128 valence electrons. The topological polar surface area (TPSA) is 61.6 Å². The van der Waals surface area contributed by atoms with Crippen LogP contribution in [0.1, 0.15) is 41.8 Å². The zero-order valence-corrected chi connectivity index (χ0v) is 12.7. The molecule has 3 rings (SSSR count). The second-order valence-electron chi connectivity index (χ2n) is 5.31. The van der Waals surface area contributed by atoms with Gasteiger partial charge in [-0.3, -0.25) is 0 Å².